The quantitative estimate of drug-likeness (QED) is 0.832. The first-order valence-corrected chi connectivity index (χ1v) is 8.09. The van der Waals surface area contributed by atoms with Crippen molar-refractivity contribution in [1.29, 1.82) is 0 Å². The summed E-state index contributed by atoms with van der Waals surface area (Å²) >= 11 is 3.52. The zero-order valence-corrected chi connectivity index (χ0v) is 13.6. The molecule has 21 heavy (non-hydrogen) atoms. The Kier molecular flexibility index (Phi) is 4.11. The van der Waals surface area contributed by atoms with Gasteiger partial charge in [0, 0.05) is 4.47 Å². The van der Waals surface area contributed by atoms with Gasteiger partial charge < -0.3 is 5.32 Å². The van der Waals surface area contributed by atoms with Gasteiger partial charge in [0.1, 0.15) is 0 Å². The number of fused-ring (bicyclic) bond motifs is 1. The van der Waals surface area contributed by atoms with E-state index in [1.807, 2.05) is 31.2 Å². The van der Waals surface area contributed by atoms with Crippen LogP contribution in [0.25, 0.3) is 0 Å². The van der Waals surface area contributed by atoms with E-state index in [4.69, 9.17) is 0 Å². The Balaban J connectivity index is 1.83. The highest BCUT2D eigenvalue weighted by atomic mass is 79.9. The molecule has 3 heteroatoms. The van der Waals surface area contributed by atoms with Gasteiger partial charge in [-0.05, 0) is 70.9 Å². The molecule has 1 amide bonds. The van der Waals surface area contributed by atoms with Crippen LogP contribution in [-0.2, 0) is 11.2 Å². The molecule has 0 spiro atoms. The second kappa shape index (κ2) is 6.02. The van der Waals surface area contributed by atoms with Crippen LogP contribution in [-0.4, -0.2) is 5.91 Å². The lowest BCUT2D eigenvalue weighted by molar-refractivity contribution is -0.117. The van der Waals surface area contributed by atoms with Crippen LogP contribution in [0, 0.1) is 6.92 Å². The van der Waals surface area contributed by atoms with Crippen molar-refractivity contribution in [1.82, 2.24) is 0 Å². The maximum Gasteiger partial charge on any atom is 0.231 e. The standard InChI is InChI=1S/C18H18BrNO/c1-12-9-10-17(16(19)11-12)20-18(21)15-8-4-6-13-5-2-3-7-14(13)15/h2-3,5,7,9-11,15H,4,6,8H2,1H3,(H,20,21). The monoisotopic (exact) mass is 343 g/mol. The number of rotatable bonds is 2. The highest BCUT2D eigenvalue weighted by molar-refractivity contribution is 9.10. The normalized spacial score (nSPS) is 17.1. The molecule has 2 nitrogen and oxygen atoms in total. The van der Waals surface area contributed by atoms with Crippen molar-refractivity contribution in [2.45, 2.75) is 32.1 Å². The predicted octanol–water partition coefficient (Wildman–Crippen LogP) is 4.82. The molecule has 2 aromatic carbocycles. The molecule has 0 aromatic heterocycles. The van der Waals surface area contributed by atoms with Gasteiger partial charge in [-0.3, -0.25) is 4.79 Å². The fraction of sp³-hybridized carbons (Fsp3) is 0.278. The van der Waals surface area contributed by atoms with Gasteiger partial charge in [0.05, 0.1) is 11.6 Å². The topological polar surface area (TPSA) is 29.1 Å². The highest BCUT2D eigenvalue weighted by Gasteiger charge is 2.26. The second-order valence-electron chi connectivity index (χ2n) is 5.62. The van der Waals surface area contributed by atoms with Gasteiger partial charge in [0.2, 0.25) is 5.91 Å². The summed E-state index contributed by atoms with van der Waals surface area (Å²) in [6.45, 7) is 2.04. The van der Waals surface area contributed by atoms with Crippen LogP contribution in [0.1, 0.15) is 35.4 Å². The third kappa shape index (κ3) is 3.03. The molecule has 108 valence electrons. The molecule has 0 fully saturated rings. The predicted molar refractivity (Wildman–Crippen MR) is 89.6 cm³/mol. The van der Waals surface area contributed by atoms with E-state index in [0.717, 1.165) is 29.4 Å². The van der Waals surface area contributed by atoms with Crippen molar-refractivity contribution in [3.8, 4) is 0 Å². The minimum Gasteiger partial charge on any atom is -0.325 e. The number of hydrogen-bond donors (Lipinski definition) is 1. The molecule has 0 aliphatic heterocycles. The lowest BCUT2D eigenvalue weighted by Crippen LogP contribution is -2.24. The fourth-order valence-electron chi connectivity index (χ4n) is 2.97. The summed E-state index contributed by atoms with van der Waals surface area (Å²) in [5.41, 5.74) is 4.51. The van der Waals surface area contributed by atoms with Crippen molar-refractivity contribution < 1.29 is 4.79 Å². The van der Waals surface area contributed by atoms with E-state index in [2.05, 4.69) is 39.4 Å². The first-order chi connectivity index (χ1) is 10.1. The Morgan fingerprint density at radius 2 is 2.05 bits per heavy atom. The molecule has 1 N–H and O–H groups in total. The number of nitrogens with one attached hydrogen (secondary N) is 1. The molecule has 2 aromatic rings. The molecule has 0 heterocycles. The van der Waals surface area contributed by atoms with E-state index in [-0.39, 0.29) is 11.8 Å². The minimum atomic E-state index is -0.0387. The molecule has 0 radical (unpaired) electrons. The van der Waals surface area contributed by atoms with Gasteiger partial charge in [-0.1, -0.05) is 30.3 Å². The van der Waals surface area contributed by atoms with E-state index in [1.165, 1.54) is 16.7 Å². The summed E-state index contributed by atoms with van der Waals surface area (Å²) in [6, 6.07) is 14.3. The Hall–Kier alpha value is -1.61. The smallest absolute Gasteiger partial charge is 0.231 e. The number of halogens is 1. The number of anilines is 1. The molecule has 1 atom stereocenters. The van der Waals surface area contributed by atoms with Crippen LogP contribution in [0.4, 0.5) is 5.69 Å². The van der Waals surface area contributed by atoms with Gasteiger partial charge >= 0.3 is 0 Å². The SMILES string of the molecule is Cc1ccc(NC(=O)C2CCCc3ccccc32)c(Br)c1. The molecule has 0 bridgehead atoms. The van der Waals surface area contributed by atoms with E-state index >= 15 is 0 Å². The summed E-state index contributed by atoms with van der Waals surface area (Å²) < 4.78 is 0.931. The minimum absolute atomic E-state index is 0.0387. The lowest BCUT2D eigenvalue weighted by atomic mass is 9.82. The third-order valence-electron chi connectivity index (χ3n) is 4.07. The Morgan fingerprint density at radius 3 is 2.86 bits per heavy atom. The molecule has 3 rings (SSSR count). The number of aryl methyl sites for hydroxylation is 2. The highest BCUT2D eigenvalue weighted by Crippen LogP contribution is 2.33. The summed E-state index contributed by atoms with van der Waals surface area (Å²) in [5, 5.41) is 3.06. The maximum atomic E-state index is 12.6. The van der Waals surface area contributed by atoms with E-state index in [0.29, 0.717) is 0 Å². The average Bonchev–Trinajstić information content (AvgIpc) is 2.49. The van der Waals surface area contributed by atoms with Crippen molar-refractivity contribution in [2.75, 3.05) is 5.32 Å². The largest absolute Gasteiger partial charge is 0.325 e. The summed E-state index contributed by atoms with van der Waals surface area (Å²) in [5.74, 6) is 0.0508. The third-order valence-corrected chi connectivity index (χ3v) is 4.72. The Bertz CT molecular complexity index is 681. The van der Waals surface area contributed by atoms with Gasteiger partial charge in [0.15, 0.2) is 0 Å². The average molecular weight is 344 g/mol. The molecular formula is C18H18BrNO. The van der Waals surface area contributed by atoms with Crippen molar-refractivity contribution in [2.24, 2.45) is 0 Å². The van der Waals surface area contributed by atoms with Crippen molar-refractivity contribution >= 4 is 27.5 Å². The molecular weight excluding hydrogens is 326 g/mol. The number of benzene rings is 2. The van der Waals surface area contributed by atoms with Gasteiger partial charge in [-0.15, -0.1) is 0 Å². The van der Waals surface area contributed by atoms with Crippen LogP contribution < -0.4 is 5.32 Å². The summed E-state index contributed by atoms with van der Waals surface area (Å²) in [4.78, 5) is 12.6. The van der Waals surface area contributed by atoms with E-state index < -0.39 is 0 Å². The summed E-state index contributed by atoms with van der Waals surface area (Å²) in [7, 11) is 0. The van der Waals surface area contributed by atoms with Gasteiger partial charge in [-0.25, -0.2) is 0 Å². The Labute approximate surface area is 133 Å². The van der Waals surface area contributed by atoms with Crippen LogP contribution in [0.15, 0.2) is 46.9 Å². The van der Waals surface area contributed by atoms with Crippen molar-refractivity contribution in [3.05, 3.63) is 63.6 Å². The zero-order chi connectivity index (χ0) is 14.8. The zero-order valence-electron chi connectivity index (χ0n) is 12.0. The van der Waals surface area contributed by atoms with Gasteiger partial charge in [0.25, 0.3) is 0 Å². The van der Waals surface area contributed by atoms with Crippen LogP contribution in [0.3, 0.4) is 0 Å². The van der Waals surface area contributed by atoms with Crippen LogP contribution >= 0.6 is 15.9 Å². The first-order valence-electron chi connectivity index (χ1n) is 7.30. The number of carbonyl (C=O) groups is 1. The first kappa shape index (κ1) is 14.3. The van der Waals surface area contributed by atoms with E-state index in [9.17, 15) is 4.79 Å². The molecule has 0 saturated heterocycles. The van der Waals surface area contributed by atoms with Crippen molar-refractivity contribution in [3.63, 3.8) is 0 Å². The lowest BCUT2D eigenvalue weighted by Gasteiger charge is -2.24. The molecule has 0 saturated carbocycles. The van der Waals surface area contributed by atoms with E-state index in [1.54, 1.807) is 0 Å². The molecule has 1 unspecified atom stereocenters. The maximum absolute atomic E-state index is 12.6. The fourth-order valence-corrected chi connectivity index (χ4v) is 3.56. The number of amides is 1. The van der Waals surface area contributed by atoms with Crippen LogP contribution in [0.2, 0.25) is 0 Å². The van der Waals surface area contributed by atoms with Gasteiger partial charge in [-0.2, -0.15) is 0 Å². The number of hydrogen-bond acceptors (Lipinski definition) is 1. The summed E-state index contributed by atoms with van der Waals surface area (Å²) in [6.07, 6.45) is 3.07. The second-order valence-corrected chi connectivity index (χ2v) is 6.47. The molecule has 1 aliphatic carbocycles. The Morgan fingerprint density at radius 1 is 1.24 bits per heavy atom. The van der Waals surface area contributed by atoms with Crippen LogP contribution in [0.5, 0.6) is 0 Å². The number of carbonyl (C=O) groups excluding carboxylic acids is 1. The molecule has 1 aliphatic rings.